The number of nitrogens with zero attached hydrogens (tertiary/aromatic N) is 1. The Morgan fingerprint density at radius 2 is 1.57 bits per heavy atom. The molecule has 0 aromatic heterocycles. The zero-order chi connectivity index (χ0) is 9.71. The lowest BCUT2D eigenvalue weighted by Crippen LogP contribution is -2.28. The fourth-order valence-electron chi connectivity index (χ4n) is 3.84. The molecule has 4 fully saturated rings. The average molecular weight is 191 g/mol. The second kappa shape index (κ2) is 2.77. The van der Waals surface area contributed by atoms with Crippen molar-refractivity contribution in [3.05, 3.63) is 0 Å². The van der Waals surface area contributed by atoms with E-state index in [1.165, 1.54) is 6.42 Å². The van der Waals surface area contributed by atoms with Crippen LogP contribution in [0.2, 0.25) is 0 Å². The maximum Gasteiger partial charge on any atom is 0.386 e. The third-order valence-electron chi connectivity index (χ3n) is 4.27. The van der Waals surface area contributed by atoms with Crippen molar-refractivity contribution in [2.75, 3.05) is 0 Å². The largest absolute Gasteiger partial charge is 0.386 e. The van der Waals surface area contributed by atoms with Crippen molar-refractivity contribution < 1.29 is 9.58 Å². The summed E-state index contributed by atoms with van der Waals surface area (Å²) in [4.78, 5) is 15.5. The molecule has 74 valence electrons. The van der Waals surface area contributed by atoms with E-state index >= 15 is 0 Å². The fraction of sp³-hybridized carbons (Fsp3) is 0.818. The highest BCUT2D eigenvalue weighted by atomic mass is 16.1. The Labute approximate surface area is 83.1 Å². The number of ketones is 1. The first-order chi connectivity index (χ1) is 6.78. The van der Waals surface area contributed by atoms with Crippen LogP contribution in [0.4, 0.5) is 0 Å². The molecule has 0 aromatic carbocycles. The molecule has 2 unspecified atom stereocenters. The lowest BCUT2D eigenvalue weighted by molar-refractivity contribution is -0.141. The minimum absolute atomic E-state index is 0.203. The van der Waals surface area contributed by atoms with Crippen LogP contribution in [-0.2, 0) is 4.79 Å². The second-order valence-corrected chi connectivity index (χ2v) is 5.17. The highest BCUT2D eigenvalue weighted by Crippen LogP contribution is 2.48. The van der Waals surface area contributed by atoms with Crippen molar-refractivity contribution in [1.29, 1.82) is 5.53 Å². The smallest absolute Gasteiger partial charge is 0.286 e. The molecule has 14 heavy (non-hydrogen) atoms. The molecule has 4 aliphatic carbocycles. The Hall–Kier alpha value is -0.950. The Morgan fingerprint density at radius 3 is 2.14 bits per heavy atom. The molecule has 1 N–H and O–H groups in total. The van der Waals surface area contributed by atoms with E-state index in [9.17, 15) is 4.79 Å². The summed E-state index contributed by atoms with van der Waals surface area (Å²) in [5.41, 5.74) is 7.72. The second-order valence-electron chi connectivity index (χ2n) is 5.17. The molecule has 4 saturated carbocycles. The highest BCUT2D eigenvalue weighted by Gasteiger charge is 2.51. The van der Waals surface area contributed by atoms with Gasteiger partial charge in [-0.05, 0) is 43.9 Å². The molecule has 4 bridgehead atoms. The highest BCUT2D eigenvalue weighted by molar-refractivity contribution is 6.39. The number of carbonyl (C=O) groups is 1. The van der Waals surface area contributed by atoms with Crippen LogP contribution in [0.1, 0.15) is 32.1 Å². The number of rotatable bonds is 0. The van der Waals surface area contributed by atoms with E-state index in [0.717, 1.165) is 37.5 Å². The summed E-state index contributed by atoms with van der Waals surface area (Å²) in [6.45, 7) is 0. The summed E-state index contributed by atoms with van der Waals surface area (Å²) in [7, 11) is 0. The van der Waals surface area contributed by atoms with E-state index in [-0.39, 0.29) is 11.7 Å². The molecule has 0 aliphatic heterocycles. The van der Waals surface area contributed by atoms with E-state index in [1.54, 1.807) is 0 Å². The quantitative estimate of drug-likeness (QED) is 0.459. The Morgan fingerprint density at radius 1 is 1.00 bits per heavy atom. The summed E-state index contributed by atoms with van der Waals surface area (Å²) in [6.07, 6.45) is 5.72. The first kappa shape index (κ1) is 8.37. The first-order valence-corrected chi connectivity index (χ1v) is 5.56. The molecule has 0 saturated heterocycles. The van der Waals surface area contributed by atoms with Gasteiger partial charge in [0.15, 0.2) is 0 Å². The third-order valence-corrected chi connectivity index (χ3v) is 4.27. The number of hydrogen-bond acceptors (Lipinski definition) is 2. The van der Waals surface area contributed by atoms with E-state index in [2.05, 4.69) is 4.79 Å². The molecule has 3 heteroatoms. The zero-order valence-electron chi connectivity index (χ0n) is 8.20. The molecule has 0 spiro atoms. The van der Waals surface area contributed by atoms with Gasteiger partial charge in [0.1, 0.15) is 0 Å². The summed E-state index contributed by atoms with van der Waals surface area (Å²) in [5.74, 6) is 2.25. The normalized spacial score (nSPS) is 45.1. The monoisotopic (exact) mass is 191 g/mol. The summed E-state index contributed by atoms with van der Waals surface area (Å²) in [5, 5.41) is 0. The minimum Gasteiger partial charge on any atom is -0.286 e. The standard InChI is InChI=1S/C11H15N2O/c12-13-10-8-2-6-1-7(3-8)5-9(4-6)11(10)14/h6-9,12H,1-5H2/q+1. The number of nitrogens with one attached hydrogen (secondary N) is 1. The Balaban J connectivity index is 2.08. The van der Waals surface area contributed by atoms with Crippen LogP contribution in [0.5, 0.6) is 0 Å². The van der Waals surface area contributed by atoms with Crippen molar-refractivity contribution in [2.45, 2.75) is 32.1 Å². The van der Waals surface area contributed by atoms with Crippen LogP contribution in [0, 0.1) is 29.2 Å². The zero-order valence-corrected chi connectivity index (χ0v) is 8.20. The summed E-state index contributed by atoms with van der Waals surface area (Å²) in [6, 6.07) is 0. The van der Waals surface area contributed by atoms with Gasteiger partial charge in [-0.2, -0.15) is 0 Å². The Bertz CT molecular complexity index is 329. The van der Waals surface area contributed by atoms with Crippen LogP contribution in [0.25, 0.3) is 0 Å². The number of hydrogen-bond donors (Lipinski definition) is 1. The van der Waals surface area contributed by atoms with Crippen LogP contribution < -0.4 is 0 Å². The van der Waals surface area contributed by atoms with E-state index in [1.807, 2.05) is 0 Å². The van der Waals surface area contributed by atoms with Gasteiger partial charge in [-0.3, -0.25) is 4.79 Å². The molecule has 0 heterocycles. The summed E-state index contributed by atoms with van der Waals surface area (Å²) < 4.78 is 0. The molecule has 0 aromatic rings. The van der Waals surface area contributed by atoms with Gasteiger partial charge in [0.25, 0.3) is 0 Å². The van der Waals surface area contributed by atoms with Crippen molar-refractivity contribution in [3.8, 4) is 0 Å². The number of fused-ring (bicyclic) bond motifs is 1. The molecule has 2 atom stereocenters. The van der Waals surface area contributed by atoms with Crippen LogP contribution >= 0.6 is 0 Å². The topological polar surface area (TPSA) is 55.0 Å². The van der Waals surface area contributed by atoms with Crippen molar-refractivity contribution >= 4 is 11.5 Å². The molecular formula is C11H15N2O+. The van der Waals surface area contributed by atoms with E-state index in [4.69, 9.17) is 5.53 Å². The van der Waals surface area contributed by atoms with E-state index in [0.29, 0.717) is 11.6 Å². The van der Waals surface area contributed by atoms with Gasteiger partial charge < -0.3 is 0 Å². The minimum atomic E-state index is 0.203. The maximum atomic E-state index is 12.0. The number of Topliss-reactive ketones (excluding diaryl/α,β-unsaturated/α-hetero) is 1. The number of carbonyl (C=O) groups excluding carboxylic acids is 1. The van der Waals surface area contributed by atoms with Crippen LogP contribution in [0.3, 0.4) is 0 Å². The van der Waals surface area contributed by atoms with Gasteiger partial charge in [0.05, 0.1) is 16.2 Å². The van der Waals surface area contributed by atoms with Gasteiger partial charge in [-0.25, -0.2) is 0 Å². The van der Waals surface area contributed by atoms with Gasteiger partial charge in [0.2, 0.25) is 5.78 Å². The van der Waals surface area contributed by atoms with Crippen molar-refractivity contribution in [2.24, 2.45) is 23.7 Å². The van der Waals surface area contributed by atoms with Crippen molar-refractivity contribution in [3.63, 3.8) is 0 Å². The molecule has 0 amide bonds. The average Bonchev–Trinajstić information content (AvgIpc) is 2.29. The van der Waals surface area contributed by atoms with Crippen molar-refractivity contribution in [1.82, 2.24) is 0 Å². The molecule has 4 aliphatic rings. The predicted molar refractivity (Wildman–Crippen MR) is 50.0 cm³/mol. The van der Waals surface area contributed by atoms with Gasteiger partial charge >= 0.3 is 5.71 Å². The summed E-state index contributed by atoms with van der Waals surface area (Å²) >= 11 is 0. The SMILES string of the molecule is N=[N+]=C1C(=O)C2CC3CC(C2)CC1C3. The first-order valence-electron chi connectivity index (χ1n) is 5.56. The predicted octanol–water partition coefficient (Wildman–Crippen LogP) is 1.69. The lowest BCUT2D eigenvalue weighted by atomic mass is 9.68. The van der Waals surface area contributed by atoms with Gasteiger partial charge in [-0.15, -0.1) is 0 Å². The molecule has 3 nitrogen and oxygen atoms in total. The molecule has 0 radical (unpaired) electrons. The van der Waals surface area contributed by atoms with Gasteiger partial charge in [-0.1, -0.05) is 0 Å². The van der Waals surface area contributed by atoms with E-state index < -0.39 is 0 Å². The van der Waals surface area contributed by atoms with Crippen LogP contribution in [0.15, 0.2) is 0 Å². The lowest BCUT2D eigenvalue weighted by Gasteiger charge is -2.36. The third kappa shape index (κ3) is 1.02. The molecule has 4 rings (SSSR count). The van der Waals surface area contributed by atoms with Gasteiger partial charge in [0, 0.05) is 5.92 Å². The molecular weight excluding hydrogens is 176 g/mol. The van der Waals surface area contributed by atoms with Crippen LogP contribution in [-0.4, -0.2) is 16.3 Å². The fourth-order valence-corrected chi connectivity index (χ4v) is 3.84. The maximum absolute atomic E-state index is 12.0. The Kier molecular flexibility index (Phi) is 1.65.